The van der Waals surface area contributed by atoms with Crippen LogP contribution in [0, 0.1) is 12.7 Å². The van der Waals surface area contributed by atoms with Crippen molar-refractivity contribution in [2.45, 2.75) is 6.92 Å². The van der Waals surface area contributed by atoms with Crippen LogP contribution in [0.1, 0.15) is 26.4 Å². The number of hydrazine groups is 1. The fraction of sp³-hybridized carbons (Fsp3) is 0.0556. The van der Waals surface area contributed by atoms with Crippen molar-refractivity contribution >= 4 is 11.8 Å². The van der Waals surface area contributed by atoms with Crippen LogP contribution < -0.4 is 10.9 Å². The second kappa shape index (κ2) is 7.06. The van der Waals surface area contributed by atoms with Gasteiger partial charge in [0, 0.05) is 5.56 Å². The summed E-state index contributed by atoms with van der Waals surface area (Å²) in [6, 6.07) is 12.9. The number of carbonyl (C=O) groups is 2. The van der Waals surface area contributed by atoms with Crippen LogP contribution in [0.5, 0.6) is 5.75 Å². The van der Waals surface area contributed by atoms with Crippen LogP contribution in [0.15, 0.2) is 54.7 Å². The van der Waals surface area contributed by atoms with Gasteiger partial charge < -0.3 is 5.11 Å². The molecule has 0 aliphatic carbocycles. The second-order valence-electron chi connectivity index (χ2n) is 5.52. The Bertz CT molecular complexity index is 970. The predicted octanol–water partition coefficient (Wildman–Crippen LogP) is 2.10. The molecule has 1 aromatic heterocycles. The highest BCUT2D eigenvalue weighted by atomic mass is 19.1. The largest absolute Gasteiger partial charge is 0.504 e. The third kappa shape index (κ3) is 3.54. The van der Waals surface area contributed by atoms with Gasteiger partial charge in [0.1, 0.15) is 5.82 Å². The molecule has 1 heterocycles. The molecule has 0 spiro atoms. The molecule has 0 atom stereocenters. The third-order valence-electron chi connectivity index (χ3n) is 3.65. The fourth-order valence-corrected chi connectivity index (χ4v) is 2.22. The lowest BCUT2D eigenvalue weighted by Crippen LogP contribution is -2.41. The third-order valence-corrected chi connectivity index (χ3v) is 3.65. The SMILES string of the molecule is Cc1ccc(C(=O)NNC(=O)c2nn(-c3ccccc3)cc2O)cc1F. The first-order valence-electron chi connectivity index (χ1n) is 7.66. The van der Waals surface area contributed by atoms with Crippen molar-refractivity contribution in [2.24, 2.45) is 0 Å². The van der Waals surface area contributed by atoms with Crippen molar-refractivity contribution in [3.8, 4) is 11.4 Å². The summed E-state index contributed by atoms with van der Waals surface area (Å²) < 4.78 is 14.8. The van der Waals surface area contributed by atoms with Crippen molar-refractivity contribution in [3.63, 3.8) is 0 Å². The summed E-state index contributed by atoms with van der Waals surface area (Å²) in [5.41, 5.74) is 5.14. The van der Waals surface area contributed by atoms with Crippen LogP contribution in [0.2, 0.25) is 0 Å². The van der Waals surface area contributed by atoms with E-state index in [1.54, 1.807) is 31.2 Å². The Morgan fingerprint density at radius 2 is 1.77 bits per heavy atom. The topological polar surface area (TPSA) is 96.3 Å². The number of halogens is 1. The summed E-state index contributed by atoms with van der Waals surface area (Å²) in [7, 11) is 0. The number of aromatic hydroxyl groups is 1. The molecule has 2 amide bonds. The van der Waals surface area contributed by atoms with Crippen molar-refractivity contribution in [1.29, 1.82) is 0 Å². The number of hydrogen-bond acceptors (Lipinski definition) is 4. The predicted molar refractivity (Wildman–Crippen MR) is 91.3 cm³/mol. The van der Waals surface area contributed by atoms with Gasteiger partial charge in [-0.15, -0.1) is 0 Å². The van der Waals surface area contributed by atoms with Gasteiger partial charge in [0.2, 0.25) is 0 Å². The Morgan fingerprint density at radius 1 is 1.08 bits per heavy atom. The number of hydrogen-bond donors (Lipinski definition) is 3. The van der Waals surface area contributed by atoms with Gasteiger partial charge in [-0.25, -0.2) is 9.07 Å². The molecule has 0 bridgehead atoms. The second-order valence-corrected chi connectivity index (χ2v) is 5.52. The van der Waals surface area contributed by atoms with E-state index in [1.807, 2.05) is 6.07 Å². The quantitative estimate of drug-likeness (QED) is 0.628. The minimum absolute atomic E-state index is 0.0486. The summed E-state index contributed by atoms with van der Waals surface area (Å²) in [4.78, 5) is 24.1. The lowest BCUT2D eigenvalue weighted by Gasteiger charge is -2.07. The highest BCUT2D eigenvalue weighted by Gasteiger charge is 2.18. The molecule has 0 saturated heterocycles. The Morgan fingerprint density at radius 3 is 2.46 bits per heavy atom. The van der Waals surface area contributed by atoms with Crippen molar-refractivity contribution < 1.29 is 19.1 Å². The molecule has 0 aliphatic rings. The maximum Gasteiger partial charge on any atom is 0.294 e. The highest BCUT2D eigenvalue weighted by molar-refractivity contribution is 5.99. The van der Waals surface area contributed by atoms with Crippen molar-refractivity contribution in [2.75, 3.05) is 0 Å². The van der Waals surface area contributed by atoms with Crippen LogP contribution in [0.3, 0.4) is 0 Å². The normalized spacial score (nSPS) is 10.4. The molecule has 7 nitrogen and oxygen atoms in total. The van der Waals surface area contributed by atoms with E-state index in [2.05, 4.69) is 16.0 Å². The molecular formula is C18H15FN4O3. The molecule has 26 heavy (non-hydrogen) atoms. The zero-order valence-electron chi connectivity index (χ0n) is 13.7. The number of aromatic nitrogens is 2. The highest BCUT2D eigenvalue weighted by Crippen LogP contribution is 2.17. The zero-order valence-corrected chi connectivity index (χ0v) is 13.7. The number of nitrogens with one attached hydrogen (secondary N) is 2. The molecule has 0 unspecified atom stereocenters. The minimum atomic E-state index is -0.807. The van der Waals surface area contributed by atoms with Crippen LogP contribution in [-0.4, -0.2) is 26.7 Å². The summed E-state index contributed by atoms with van der Waals surface area (Å²) in [6.45, 7) is 1.57. The first kappa shape index (κ1) is 17.2. The molecule has 2 aromatic carbocycles. The molecular weight excluding hydrogens is 339 g/mol. The number of carbonyl (C=O) groups excluding carboxylic acids is 2. The number of aryl methyl sites for hydroxylation is 1. The van der Waals surface area contributed by atoms with Crippen LogP contribution in [0.25, 0.3) is 5.69 Å². The first-order chi connectivity index (χ1) is 12.5. The molecule has 3 rings (SSSR count). The van der Waals surface area contributed by atoms with Gasteiger partial charge in [0.15, 0.2) is 11.4 Å². The minimum Gasteiger partial charge on any atom is -0.504 e. The molecule has 0 radical (unpaired) electrons. The van der Waals surface area contributed by atoms with E-state index in [9.17, 15) is 19.1 Å². The van der Waals surface area contributed by atoms with Crippen molar-refractivity contribution in [1.82, 2.24) is 20.6 Å². The van der Waals surface area contributed by atoms with Crippen molar-refractivity contribution in [3.05, 3.63) is 77.4 Å². The molecule has 3 aromatic rings. The monoisotopic (exact) mass is 354 g/mol. The molecule has 132 valence electrons. The first-order valence-corrected chi connectivity index (χ1v) is 7.66. The van der Waals surface area contributed by atoms with Gasteiger partial charge in [0.25, 0.3) is 11.8 Å². The molecule has 3 N–H and O–H groups in total. The average Bonchev–Trinajstić information content (AvgIpc) is 3.04. The van der Waals surface area contributed by atoms with E-state index >= 15 is 0 Å². The number of nitrogens with zero attached hydrogens (tertiary/aromatic N) is 2. The smallest absolute Gasteiger partial charge is 0.294 e. The van der Waals surface area contributed by atoms with Gasteiger partial charge in [-0.1, -0.05) is 24.3 Å². The summed E-state index contributed by atoms with van der Waals surface area (Å²) in [5.74, 6) is -2.37. The van der Waals surface area contributed by atoms with E-state index in [4.69, 9.17) is 0 Å². The number of amides is 2. The van der Waals surface area contributed by atoms with E-state index < -0.39 is 17.6 Å². The average molecular weight is 354 g/mol. The Balaban J connectivity index is 1.69. The Labute approximate surface area is 148 Å². The Kier molecular flexibility index (Phi) is 4.66. The van der Waals surface area contributed by atoms with Gasteiger partial charge >= 0.3 is 0 Å². The maximum absolute atomic E-state index is 13.5. The van der Waals surface area contributed by atoms with E-state index in [-0.39, 0.29) is 17.0 Å². The van der Waals surface area contributed by atoms with Gasteiger partial charge in [-0.2, -0.15) is 5.10 Å². The zero-order chi connectivity index (χ0) is 18.7. The molecule has 0 fully saturated rings. The molecule has 0 saturated carbocycles. The summed E-state index contributed by atoms with van der Waals surface area (Å²) in [5, 5.41) is 13.9. The van der Waals surface area contributed by atoms with Crippen LogP contribution in [0.4, 0.5) is 4.39 Å². The van der Waals surface area contributed by atoms with Gasteiger partial charge in [0.05, 0.1) is 11.9 Å². The fourth-order valence-electron chi connectivity index (χ4n) is 2.22. The number of para-hydroxylation sites is 1. The maximum atomic E-state index is 13.5. The summed E-state index contributed by atoms with van der Waals surface area (Å²) >= 11 is 0. The number of rotatable bonds is 3. The van der Waals surface area contributed by atoms with E-state index in [1.165, 1.54) is 23.0 Å². The molecule has 0 aliphatic heterocycles. The lowest BCUT2D eigenvalue weighted by atomic mass is 10.1. The molecule has 8 heteroatoms. The van der Waals surface area contributed by atoms with Crippen LogP contribution >= 0.6 is 0 Å². The van der Waals surface area contributed by atoms with E-state index in [0.29, 0.717) is 11.3 Å². The van der Waals surface area contributed by atoms with Gasteiger partial charge in [-0.05, 0) is 36.8 Å². The van der Waals surface area contributed by atoms with Gasteiger partial charge in [-0.3, -0.25) is 20.4 Å². The van der Waals surface area contributed by atoms with E-state index in [0.717, 1.165) is 6.07 Å². The lowest BCUT2D eigenvalue weighted by molar-refractivity contribution is 0.0842. The number of benzene rings is 2. The standard InChI is InChI=1S/C18H15FN4O3/c1-11-7-8-12(9-14(11)19)17(25)20-21-18(26)16-15(24)10-23(22-16)13-5-3-2-4-6-13/h2-10,24H,1H3,(H,20,25)(H,21,26). The van der Waals surface area contributed by atoms with Crippen LogP contribution in [-0.2, 0) is 0 Å². The Hall–Kier alpha value is -3.68. The summed E-state index contributed by atoms with van der Waals surface area (Å²) in [6.07, 6.45) is 1.28.